The van der Waals surface area contributed by atoms with Gasteiger partial charge < -0.3 is 4.90 Å². The van der Waals surface area contributed by atoms with E-state index in [-0.39, 0.29) is 11.8 Å². The third-order valence-corrected chi connectivity index (χ3v) is 4.21. The van der Waals surface area contributed by atoms with Crippen molar-refractivity contribution in [3.05, 3.63) is 43.5 Å². The van der Waals surface area contributed by atoms with Gasteiger partial charge in [0, 0.05) is 31.5 Å². The molecule has 1 unspecified atom stereocenters. The summed E-state index contributed by atoms with van der Waals surface area (Å²) in [4.78, 5) is 35.2. The summed E-state index contributed by atoms with van der Waals surface area (Å²) in [6, 6.07) is 3.55. The van der Waals surface area contributed by atoms with Crippen LogP contribution >= 0.6 is 0 Å². The third-order valence-electron chi connectivity index (χ3n) is 4.21. The minimum absolute atomic E-state index is 0.0774. The summed E-state index contributed by atoms with van der Waals surface area (Å²) in [6.45, 7) is 1.41. The van der Waals surface area contributed by atoms with Crippen LogP contribution in [0.25, 0.3) is 5.82 Å². The van der Waals surface area contributed by atoms with E-state index in [0.29, 0.717) is 18.3 Å². The summed E-state index contributed by atoms with van der Waals surface area (Å²) in [5.41, 5.74) is 0. The number of nitrogens with one attached hydrogen (secondary N) is 1. The minimum Gasteiger partial charge on any atom is -0.356 e. The smallest absolute Gasteiger partial charge is 0.231 e. The molecule has 4 rings (SSSR count). The monoisotopic (exact) mass is 351 g/mol. The molecule has 0 aromatic carbocycles. The Morgan fingerprint density at radius 2 is 1.96 bits per heavy atom. The summed E-state index contributed by atoms with van der Waals surface area (Å²) >= 11 is 0. The number of nitrogens with zero attached hydrogens (tertiary/aromatic N) is 8. The van der Waals surface area contributed by atoms with Crippen LogP contribution in [0.3, 0.4) is 0 Å². The molecule has 1 saturated heterocycles. The fourth-order valence-corrected chi connectivity index (χ4v) is 2.94. The maximum Gasteiger partial charge on any atom is 0.231 e. The van der Waals surface area contributed by atoms with Crippen LogP contribution in [0, 0.1) is 5.92 Å². The molecule has 3 aromatic rings. The molecule has 0 aliphatic carbocycles. The molecule has 1 atom stereocenters. The predicted molar refractivity (Wildman–Crippen MR) is 92.5 cm³/mol. The Morgan fingerprint density at radius 1 is 1.12 bits per heavy atom. The largest absolute Gasteiger partial charge is 0.356 e. The van der Waals surface area contributed by atoms with Crippen LogP contribution in [0.5, 0.6) is 0 Å². The number of anilines is 2. The van der Waals surface area contributed by atoms with Gasteiger partial charge in [-0.3, -0.25) is 10.1 Å². The molecular formula is C16H17N9O. The number of hydrogen-bond donors (Lipinski definition) is 1. The van der Waals surface area contributed by atoms with Crippen molar-refractivity contribution in [1.29, 1.82) is 0 Å². The fraction of sp³-hybridized carbons (Fsp3) is 0.312. The van der Waals surface area contributed by atoms with Crippen LogP contribution in [0.4, 0.5) is 11.8 Å². The predicted octanol–water partition coefficient (Wildman–Crippen LogP) is 0.702. The van der Waals surface area contributed by atoms with E-state index in [1.54, 1.807) is 29.5 Å². The SMILES string of the molecule is O=C(Nc1ncccn1)C1CCCN(c2cc(-n3cncn3)ncn2)C1. The maximum atomic E-state index is 12.5. The molecule has 1 fully saturated rings. The second-order valence-corrected chi connectivity index (χ2v) is 5.92. The van der Waals surface area contributed by atoms with Crippen LogP contribution in [0.15, 0.2) is 43.5 Å². The highest BCUT2D eigenvalue weighted by Crippen LogP contribution is 2.23. The van der Waals surface area contributed by atoms with Crippen LogP contribution in [0.1, 0.15) is 12.8 Å². The van der Waals surface area contributed by atoms with Crippen LogP contribution in [-0.4, -0.2) is 53.7 Å². The van der Waals surface area contributed by atoms with Gasteiger partial charge in [-0.2, -0.15) is 5.10 Å². The summed E-state index contributed by atoms with van der Waals surface area (Å²) in [6.07, 6.45) is 9.44. The molecule has 10 nitrogen and oxygen atoms in total. The molecule has 1 amide bonds. The lowest BCUT2D eigenvalue weighted by Crippen LogP contribution is -2.41. The van der Waals surface area contributed by atoms with Crippen molar-refractivity contribution in [2.75, 3.05) is 23.3 Å². The van der Waals surface area contributed by atoms with E-state index in [2.05, 4.69) is 40.2 Å². The van der Waals surface area contributed by atoms with Gasteiger partial charge in [0.25, 0.3) is 0 Å². The van der Waals surface area contributed by atoms with Crippen molar-refractivity contribution >= 4 is 17.7 Å². The number of carbonyl (C=O) groups excluding carboxylic acids is 1. The summed E-state index contributed by atoms with van der Waals surface area (Å²) in [5, 5.41) is 6.86. The molecule has 1 N–H and O–H groups in total. The van der Waals surface area contributed by atoms with Gasteiger partial charge in [0.1, 0.15) is 24.8 Å². The quantitative estimate of drug-likeness (QED) is 0.730. The van der Waals surface area contributed by atoms with Crippen LogP contribution in [0.2, 0.25) is 0 Å². The van der Waals surface area contributed by atoms with Crippen LogP contribution < -0.4 is 10.2 Å². The average molecular weight is 351 g/mol. The number of carbonyl (C=O) groups is 1. The van der Waals surface area contributed by atoms with Crippen molar-refractivity contribution in [2.24, 2.45) is 5.92 Å². The molecule has 4 heterocycles. The van der Waals surface area contributed by atoms with E-state index in [1.807, 2.05) is 6.07 Å². The molecule has 0 spiro atoms. The first-order valence-corrected chi connectivity index (χ1v) is 8.29. The van der Waals surface area contributed by atoms with Gasteiger partial charge in [0.15, 0.2) is 5.82 Å². The molecule has 26 heavy (non-hydrogen) atoms. The standard InChI is InChI=1S/C16H17N9O/c26-15(23-16-18-4-2-5-19-16)12-3-1-6-24(8-12)13-7-14(21-10-20-13)25-11-17-9-22-25/h2,4-5,7,9-12H,1,3,6,8H2,(H,18,19,23,26). The first kappa shape index (κ1) is 16.1. The van der Waals surface area contributed by atoms with Gasteiger partial charge in [-0.15, -0.1) is 0 Å². The number of rotatable bonds is 4. The molecule has 1 aliphatic heterocycles. The van der Waals surface area contributed by atoms with E-state index >= 15 is 0 Å². The Bertz CT molecular complexity index is 868. The van der Waals surface area contributed by atoms with Gasteiger partial charge in [-0.05, 0) is 18.9 Å². The lowest BCUT2D eigenvalue weighted by atomic mass is 9.97. The second-order valence-electron chi connectivity index (χ2n) is 5.92. The highest BCUT2D eigenvalue weighted by Gasteiger charge is 2.27. The summed E-state index contributed by atoms with van der Waals surface area (Å²) in [7, 11) is 0. The molecule has 132 valence electrons. The Labute approximate surface area is 149 Å². The summed E-state index contributed by atoms with van der Waals surface area (Å²) < 4.78 is 1.58. The van der Waals surface area contributed by atoms with Crippen molar-refractivity contribution in [1.82, 2.24) is 34.7 Å². The van der Waals surface area contributed by atoms with Crippen molar-refractivity contribution < 1.29 is 4.79 Å². The topological polar surface area (TPSA) is 115 Å². The number of hydrogen-bond acceptors (Lipinski definition) is 8. The minimum atomic E-state index is -0.155. The lowest BCUT2D eigenvalue weighted by Gasteiger charge is -2.32. The van der Waals surface area contributed by atoms with Gasteiger partial charge in [0.05, 0.1) is 5.92 Å². The highest BCUT2D eigenvalue weighted by atomic mass is 16.2. The third kappa shape index (κ3) is 3.48. The van der Waals surface area contributed by atoms with Crippen molar-refractivity contribution in [3.8, 4) is 5.82 Å². The average Bonchev–Trinajstić information content (AvgIpc) is 3.24. The lowest BCUT2D eigenvalue weighted by molar-refractivity contribution is -0.120. The van der Waals surface area contributed by atoms with Gasteiger partial charge in [-0.1, -0.05) is 0 Å². The molecule has 1 aliphatic rings. The maximum absolute atomic E-state index is 12.5. The van der Waals surface area contributed by atoms with Gasteiger partial charge in [0.2, 0.25) is 11.9 Å². The zero-order chi connectivity index (χ0) is 17.8. The number of piperidine rings is 1. The molecule has 0 saturated carbocycles. The Morgan fingerprint density at radius 3 is 2.77 bits per heavy atom. The first-order valence-electron chi connectivity index (χ1n) is 8.29. The van der Waals surface area contributed by atoms with Crippen molar-refractivity contribution in [3.63, 3.8) is 0 Å². The van der Waals surface area contributed by atoms with E-state index < -0.39 is 0 Å². The summed E-state index contributed by atoms with van der Waals surface area (Å²) in [5.74, 6) is 1.49. The van der Waals surface area contributed by atoms with E-state index in [1.165, 1.54) is 12.7 Å². The zero-order valence-corrected chi connectivity index (χ0v) is 13.9. The Hall–Kier alpha value is -3.43. The van der Waals surface area contributed by atoms with Crippen molar-refractivity contribution in [2.45, 2.75) is 12.8 Å². The van der Waals surface area contributed by atoms with E-state index in [9.17, 15) is 4.79 Å². The Kier molecular flexibility index (Phi) is 4.46. The normalized spacial score (nSPS) is 17.1. The number of amides is 1. The molecule has 0 radical (unpaired) electrons. The first-order chi connectivity index (χ1) is 12.8. The van der Waals surface area contributed by atoms with E-state index in [0.717, 1.165) is 25.2 Å². The molecular weight excluding hydrogens is 334 g/mol. The fourth-order valence-electron chi connectivity index (χ4n) is 2.94. The molecule has 0 bridgehead atoms. The second kappa shape index (κ2) is 7.21. The Balaban J connectivity index is 1.47. The molecule has 3 aromatic heterocycles. The van der Waals surface area contributed by atoms with E-state index in [4.69, 9.17) is 0 Å². The number of aromatic nitrogens is 7. The van der Waals surface area contributed by atoms with Gasteiger partial charge >= 0.3 is 0 Å². The molecule has 10 heteroatoms. The highest BCUT2D eigenvalue weighted by molar-refractivity contribution is 5.91. The van der Waals surface area contributed by atoms with Crippen LogP contribution in [-0.2, 0) is 4.79 Å². The zero-order valence-electron chi connectivity index (χ0n) is 13.9. The van der Waals surface area contributed by atoms with Gasteiger partial charge in [-0.25, -0.2) is 29.6 Å².